The molecule has 0 radical (unpaired) electrons. The average Bonchev–Trinajstić information content (AvgIpc) is 2.47. The summed E-state index contributed by atoms with van der Waals surface area (Å²) in [7, 11) is -3.47. The van der Waals surface area contributed by atoms with Gasteiger partial charge in [0.1, 0.15) is 5.75 Å². The molecule has 0 aliphatic carbocycles. The number of hydrogen-bond acceptors (Lipinski definition) is 4. The van der Waals surface area contributed by atoms with Crippen molar-refractivity contribution in [1.82, 2.24) is 4.31 Å². The van der Waals surface area contributed by atoms with Gasteiger partial charge in [-0.05, 0) is 51.0 Å². The molecule has 0 bridgehead atoms. The highest BCUT2D eigenvalue weighted by Crippen LogP contribution is 2.26. The normalized spacial score (nSPS) is 20.7. The Morgan fingerprint density at radius 3 is 2.52 bits per heavy atom. The molecule has 1 aromatic rings. The van der Waals surface area contributed by atoms with Crippen LogP contribution in [0, 0.1) is 0 Å². The molecule has 1 atom stereocenters. The summed E-state index contributed by atoms with van der Waals surface area (Å²) in [5.41, 5.74) is 5.72. The molecular formula is C15H24N2O3S. The maximum absolute atomic E-state index is 12.7. The third-order valence-electron chi connectivity index (χ3n) is 3.65. The van der Waals surface area contributed by atoms with E-state index in [0.717, 1.165) is 19.3 Å². The predicted molar refractivity (Wildman–Crippen MR) is 82.8 cm³/mol. The number of ether oxygens (including phenoxy) is 1. The summed E-state index contributed by atoms with van der Waals surface area (Å²) >= 11 is 0. The average molecular weight is 312 g/mol. The van der Waals surface area contributed by atoms with E-state index in [-0.39, 0.29) is 12.1 Å². The SMILES string of the molecule is CC(C)Oc1ccc(S(=O)(=O)N2CCCCC2CN)cc1. The molecule has 118 valence electrons. The Labute approximate surface area is 127 Å². The summed E-state index contributed by atoms with van der Waals surface area (Å²) in [6.07, 6.45) is 2.83. The van der Waals surface area contributed by atoms with Gasteiger partial charge in [-0.2, -0.15) is 4.31 Å². The number of nitrogens with zero attached hydrogens (tertiary/aromatic N) is 1. The number of hydrogen-bond donors (Lipinski definition) is 1. The molecule has 1 fully saturated rings. The fraction of sp³-hybridized carbons (Fsp3) is 0.600. The second kappa shape index (κ2) is 6.77. The molecule has 1 saturated heterocycles. The number of benzene rings is 1. The van der Waals surface area contributed by atoms with Crippen molar-refractivity contribution in [2.24, 2.45) is 5.73 Å². The van der Waals surface area contributed by atoms with Crippen molar-refractivity contribution in [2.45, 2.75) is 50.2 Å². The molecule has 2 N–H and O–H groups in total. The maximum atomic E-state index is 12.7. The summed E-state index contributed by atoms with van der Waals surface area (Å²) in [6.45, 7) is 4.79. The van der Waals surface area contributed by atoms with Crippen LogP contribution in [-0.4, -0.2) is 38.0 Å². The first-order valence-corrected chi connectivity index (χ1v) is 8.88. The van der Waals surface area contributed by atoms with Crippen molar-refractivity contribution in [2.75, 3.05) is 13.1 Å². The van der Waals surface area contributed by atoms with Crippen LogP contribution in [0.4, 0.5) is 0 Å². The van der Waals surface area contributed by atoms with E-state index >= 15 is 0 Å². The summed E-state index contributed by atoms with van der Waals surface area (Å²) in [5, 5.41) is 0. The lowest BCUT2D eigenvalue weighted by atomic mass is 10.1. The summed E-state index contributed by atoms with van der Waals surface area (Å²) in [5.74, 6) is 0.679. The lowest BCUT2D eigenvalue weighted by molar-refractivity contribution is 0.242. The van der Waals surface area contributed by atoms with Gasteiger partial charge in [0, 0.05) is 19.1 Å². The van der Waals surface area contributed by atoms with Crippen LogP contribution >= 0.6 is 0 Å². The van der Waals surface area contributed by atoms with Crippen LogP contribution < -0.4 is 10.5 Å². The highest BCUT2D eigenvalue weighted by Gasteiger charge is 2.32. The zero-order chi connectivity index (χ0) is 15.5. The zero-order valence-electron chi connectivity index (χ0n) is 12.7. The first kappa shape index (κ1) is 16.3. The molecule has 5 nitrogen and oxygen atoms in total. The van der Waals surface area contributed by atoms with Crippen molar-refractivity contribution >= 4 is 10.0 Å². The van der Waals surface area contributed by atoms with E-state index in [0.29, 0.717) is 23.7 Å². The molecule has 1 aliphatic heterocycles. The lowest BCUT2D eigenvalue weighted by Crippen LogP contribution is -2.47. The van der Waals surface area contributed by atoms with Crippen molar-refractivity contribution in [3.05, 3.63) is 24.3 Å². The minimum absolute atomic E-state index is 0.0659. The second-order valence-corrected chi connectivity index (χ2v) is 7.53. The summed E-state index contributed by atoms with van der Waals surface area (Å²) < 4.78 is 32.5. The molecular weight excluding hydrogens is 288 g/mol. The Balaban J connectivity index is 2.22. The molecule has 1 unspecified atom stereocenters. The predicted octanol–water partition coefficient (Wildman–Crippen LogP) is 1.98. The van der Waals surface area contributed by atoms with E-state index in [4.69, 9.17) is 10.5 Å². The molecule has 6 heteroatoms. The first-order chi connectivity index (χ1) is 9.95. The molecule has 1 heterocycles. The quantitative estimate of drug-likeness (QED) is 0.902. The molecule has 1 aromatic carbocycles. The van der Waals surface area contributed by atoms with Gasteiger partial charge in [-0.25, -0.2) is 8.42 Å². The van der Waals surface area contributed by atoms with Crippen LogP contribution in [0.5, 0.6) is 5.75 Å². The number of sulfonamides is 1. The van der Waals surface area contributed by atoms with Crippen molar-refractivity contribution < 1.29 is 13.2 Å². The molecule has 0 saturated carbocycles. The molecule has 0 spiro atoms. The van der Waals surface area contributed by atoms with Crippen molar-refractivity contribution in [1.29, 1.82) is 0 Å². The van der Waals surface area contributed by atoms with Gasteiger partial charge in [0.05, 0.1) is 11.0 Å². The Hall–Kier alpha value is -1.11. The van der Waals surface area contributed by atoms with Gasteiger partial charge in [0.25, 0.3) is 0 Å². The zero-order valence-corrected chi connectivity index (χ0v) is 13.5. The van der Waals surface area contributed by atoms with Crippen LogP contribution in [0.15, 0.2) is 29.2 Å². The monoisotopic (exact) mass is 312 g/mol. The Kier molecular flexibility index (Phi) is 5.24. The minimum atomic E-state index is -3.47. The smallest absolute Gasteiger partial charge is 0.243 e. The Bertz CT molecular complexity index is 555. The Morgan fingerprint density at radius 1 is 1.29 bits per heavy atom. The third kappa shape index (κ3) is 3.75. The van der Waals surface area contributed by atoms with Crippen LogP contribution in [0.25, 0.3) is 0 Å². The van der Waals surface area contributed by atoms with Gasteiger partial charge in [-0.1, -0.05) is 6.42 Å². The first-order valence-electron chi connectivity index (χ1n) is 7.44. The van der Waals surface area contributed by atoms with Crippen LogP contribution in [-0.2, 0) is 10.0 Å². The topological polar surface area (TPSA) is 72.6 Å². The van der Waals surface area contributed by atoms with Gasteiger partial charge >= 0.3 is 0 Å². The molecule has 21 heavy (non-hydrogen) atoms. The van der Waals surface area contributed by atoms with Gasteiger partial charge < -0.3 is 10.5 Å². The lowest BCUT2D eigenvalue weighted by Gasteiger charge is -2.33. The maximum Gasteiger partial charge on any atom is 0.243 e. The van der Waals surface area contributed by atoms with Gasteiger partial charge in [-0.3, -0.25) is 0 Å². The minimum Gasteiger partial charge on any atom is -0.491 e. The van der Waals surface area contributed by atoms with Crippen LogP contribution in [0.2, 0.25) is 0 Å². The van der Waals surface area contributed by atoms with Crippen LogP contribution in [0.3, 0.4) is 0 Å². The molecule has 1 aliphatic rings. The van der Waals surface area contributed by atoms with E-state index in [2.05, 4.69) is 0 Å². The molecule has 0 amide bonds. The fourth-order valence-electron chi connectivity index (χ4n) is 2.62. The number of rotatable bonds is 5. The van der Waals surface area contributed by atoms with E-state index in [1.165, 1.54) is 0 Å². The van der Waals surface area contributed by atoms with E-state index in [9.17, 15) is 8.42 Å². The van der Waals surface area contributed by atoms with Crippen LogP contribution in [0.1, 0.15) is 33.1 Å². The highest BCUT2D eigenvalue weighted by atomic mass is 32.2. The van der Waals surface area contributed by atoms with E-state index in [1.807, 2.05) is 13.8 Å². The van der Waals surface area contributed by atoms with Crippen molar-refractivity contribution in [3.8, 4) is 5.75 Å². The van der Waals surface area contributed by atoms with E-state index < -0.39 is 10.0 Å². The fourth-order valence-corrected chi connectivity index (χ4v) is 4.33. The molecule has 2 rings (SSSR count). The second-order valence-electron chi connectivity index (χ2n) is 5.64. The largest absolute Gasteiger partial charge is 0.491 e. The van der Waals surface area contributed by atoms with Gasteiger partial charge in [-0.15, -0.1) is 0 Å². The summed E-state index contributed by atoms with van der Waals surface area (Å²) in [6, 6.07) is 6.53. The molecule has 0 aromatic heterocycles. The number of nitrogens with two attached hydrogens (primary N) is 1. The summed E-state index contributed by atoms with van der Waals surface area (Å²) in [4.78, 5) is 0.305. The Morgan fingerprint density at radius 2 is 1.95 bits per heavy atom. The van der Waals surface area contributed by atoms with Crippen molar-refractivity contribution in [3.63, 3.8) is 0 Å². The van der Waals surface area contributed by atoms with Gasteiger partial charge in [0.2, 0.25) is 10.0 Å². The van der Waals surface area contributed by atoms with E-state index in [1.54, 1.807) is 28.6 Å². The van der Waals surface area contributed by atoms with Gasteiger partial charge in [0.15, 0.2) is 0 Å². The highest BCUT2D eigenvalue weighted by molar-refractivity contribution is 7.89. The standard InChI is InChI=1S/C15H24N2O3S/c1-12(2)20-14-6-8-15(9-7-14)21(18,19)17-10-4-3-5-13(17)11-16/h6-9,12-13H,3-5,10-11,16H2,1-2H3. The number of piperidine rings is 1. The third-order valence-corrected chi connectivity index (χ3v) is 5.61.